The molecule has 0 aromatic heterocycles. The van der Waals surface area contributed by atoms with Gasteiger partial charge in [-0.3, -0.25) is 0 Å². The monoisotopic (exact) mass is 824 g/mol. The van der Waals surface area contributed by atoms with Crippen molar-refractivity contribution < 1.29 is 18.3 Å². The van der Waals surface area contributed by atoms with Gasteiger partial charge in [0.2, 0.25) is 0 Å². The summed E-state index contributed by atoms with van der Waals surface area (Å²) in [6.45, 7) is 23.4. The Hall–Kier alpha value is -1.73. The number of hydrogen-bond donors (Lipinski definition) is 0. The van der Waals surface area contributed by atoms with Crippen LogP contribution in [0.15, 0.2) is 99.9 Å². The van der Waals surface area contributed by atoms with E-state index in [1.807, 2.05) is 0 Å². The summed E-state index contributed by atoms with van der Waals surface area (Å²) >= 11 is 8.20. The number of fused-ring (bicyclic) bond motifs is 3. The summed E-state index contributed by atoms with van der Waals surface area (Å²) in [5.74, 6) is 0.272. The van der Waals surface area contributed by atoms with Crippen LogP contribution in [0, 0.1) is 11.3 Å². The van der Waals surface area contributed by atoms with Crippen molar-refractivity contribution in [2.75, 3.05) is 0 Å². The van der Waals surface area contributed by atoms with Crippen LogP contribution in [0.4, 0.5) is 0 Å². The molecule has 2 aliphatic rings. The molecule has 0 saturated heterocycles. The van der Waals surface area contributed by atoms with Gasteiger partial charge >= 0.3 is 303 Å². The Bertz CT molecular complexity index is 1990. The second-order valence-corrected chi connectivity index (χ2v) is 31.0. The Balaban J connectivity index is 0.00000281. The van der Waals surface area contributed by atoms with Crippen molar-refractivity contribution in [2.24, 2.45) is 11.3 Å². The van der Waals surface area contributed by atoms with Gasteiger partial charge in [-0.05, 0) is 0 Å². The van der Waals surface area contributed by atoms with E-state index < -0.39 is 18.3 Å². The van der Waals surface area contributed by atoms with E-state index in [9.17, 15) is 0 Å². The molecule has 0 fully saturated rings. The van der Waals surface area contributed by atoms with Crippen LogP contribution in [-0.2, 0) is 35.5 Å². The minimum absolute atomic E-state index is 0. The Morgan fingerprint density at radius 2 is 1.20 bits per heavy atom. The standard InChI is InChI=1S/C21H25.C11H17.2C6H4Cl.CH2.2ClH.Zr/c1-20(2,3)16-7-9-18-14(12-16)11-15-13-17(21(4,5)6)8-10-19(15)18;1-5-9-6-7-10(8-9)11(2,3)4;2*7-6-4-2-1-3-5-6;;;;/h7-10,12H,11H2,1-6H3;7-9H,5H2,1-4H3;2*2-5H;1H2;2*1H;. The van der Waals surface area contributed by atoms with E-state index in [0.29, 0.717) is 0 Å². The molecule has 4 aromatic rings. The molecule has 0 radical (unpaired) electrons. The third-order valence-electron chi connectivity index (χ3n) is 11.3. The van der Waals surface area contributed by atoms with Gasteiger partial charge in [-0.25, -0.2) is 0 Å². The van der Waals surface area contributed by atoms with E-state index in [-0.39, 0.29) is 47.0 Å². The maximum absolute atomic E-state index is 6.69. The quantitative estimate of drug-likeness (QED) is 0.166. The molecule has 0 saturated carbocycles. The summed E-state index contributed by atoms with van der Waals surface area (Å²) in [6, 6.07) is 29.6. The molecule has 1 unspecified atom stereocenters. The third kappa shape index (κ3) is 6.56. The SMILES string of the molecule is Cl.Cl.[CH2]=[Zr]([C]1=CC(C(C)(C)C)=CC1CC)([c]1ccc(Cl)cc1)([c]1ccc(Cl)cc1)[c]1c(C(C)(C)C)ccc2c1Cc1cc(C(C)(C)C)ccc1-2. The van der Waals surface area contributed by atoms with Crippen LogP contribution < -0.4 is 9.81 Å². The number of benzene rings is 4. The summed E-state index contributed by atoms with van der Waals surface area (Å²) in [5.41, 5.74) is 9.73. The van der Waals surface area contributed by atoms with Crippen LogP contribution in [0.5, 0.6) is 0 Å². The molecule has 6 rings (SSSR count). The molecule has 0 spiro atoms. The van der Waals surface area contributed by atoms with Gasteiger partial charge in [0, 0.05) is 0 Å². The molecule has 0 heterocycles. The summed E-state index contributed by atoms with van der Waals surface area (Å²) < 4.78 is 11.5. The Morgan fingerprint density at radius 3 is 1.66 bits per heavy atom. The zero-order valence-electron chi connectivity index (χ0n) is 31.4. The van der Waals surface area contributed by atoms with Crippen molar-refractivity contribution in [3.8, 4) is 11.1 Å². The van der Waals surface area contributed by atoms with Crippen LogP contribution in [0.3, 0.4) is 0 Å². The second kappa shape index (κ2) is 13.9. The molecule has 0 bridgehead atoms. The molecule has 4 aromatic carbocycles. The number of allylic oxidation sites excluding steroid dienone is 4. The van der Waals surface area contributed by atoms with E-state index in [4.69, 9.17) is 27.4 Å². The van der Waals surface area contributed by atoms with Gasteiger partial charge in [0.1, 0.15) is 0 Å². The average Bonchev–Trinajstić information content (AvgIpc) is 3.62. The Kier molecular flexibility index (Phi) is 11.4. The van der Waals surface area contributed by atoms with Crippen LogP contribution in [0.1, 0.15) is 97.9 Å². The summed E-state index contributed by atoms with van der Waals surface area (Å²) in [6.07, 6.45) is 7.06. The van der Waals surface area contributed by atoms with Crippen LogP contribution in [0.25, 0.3) is 11.1 Å². The van der Waals surface area contributed by atoms with Crippen molar-refractivity contribution in [2.45, 2.75) is 92.9 Å². The van der Waals surface area contributed by atoms with Crippen LogP contribution in [-0.4, -0.2) is 4.21 Å². The first-order valence-corrected chi connectivity index (χ1v) is 25.0. The van der Waals surface area contributed by atoms with Crippen LogP contribution in [0.2, 0.25) is 10.0 Å². The molecular formula is C45H54Cl4Zr. The Labute approximate surface area is 325 Å². The predicted octanol–water partition coefficient (Wildman–Crippen LogP) is 12.3. The van der Waals surface area contributed by atoms with Gasteiger partial charge < -0.3 is 0 Å². The molecule has 0 amide bonds. The topological polar surface area (TPSA) is 0 Å². The van der Waals surface area contributed by atoms with Crippen LogP contribution >= 0.6 is 48.0 Å². The predicted molar refractivity (Wildman–Crippen MR) is 225 cm³/mol. The fourth-order valence-corrected chi connectivity index (χ4v) is 26.5. The molecule has 0 nitrogen and oxygen atoms in total. The molecule has 0 aliphatic heterocycles. The maximum atomic E-state index is 6.69. The first-order valence-electron chi connectivity index (χ1n) is 17.6. The first-order chi connectivity index (χ1) is 22.3. The molecule has 0 N–H and O–H groups in total. The molecule has 266 valence electrons. The second-order valence-electron chi connectivity index (χ2n) is 17.5. The Morgan fingerprint density at radius 1 is 0.680 bits per heavy atom. The molecule has 2 aliphatic carbocycles. The first kappa shape index (κ1) is 41.0. The number of hydrogen-bond acceptors (Lipinski definition) is 0. The summed E-state index contributed by atoms with van der Waals surface area (Å²) in [4.78, 5) is 0. The summed E-state index contributed by atoms with van der Waals surface area (Å²) in [7, 11) is 0. The average molecular weight is 828 g/mol. The molecule has 50 heavy (non-hydrogen) atoms. The zero-order chi connectivity index (χ0) is 35.1. The fraction of sp³-hybridized carbons (Fsp3) is 0.356. The minimum atomic E-state index is -5.18. The van der Waals surface area contributed by atoms with Crippen molar-refractivity contribution in [1.29, 1.82) is 0 Å². The third-order valence-corrected chi connectivity index (χ3v) is 28.2. The van der Waals surface area contributed by atoms with E-state index in [2.05, 4.69) is 160 Å². The number of halogens is 4. The van der Waals surface area contributed by atoms with Gasteiger partial charge in [0.15, 0.2) is 0 Å². The van der Waals surface area contributed by atoms with Crippen molar-refractivity contribution in [3.05, 3.63) is 132 Å². The van der Waals surface area contributed by atoms with Crippen molar-refractivity contribution in [3.63, 3.8) is 0 Å². The number of rotatable bonds is 5. The van der Waals surface area contributed by atoms with Gasteiger partial charge in [-0.15, -0.1) is 24.8 Å². The van der Waals surface area contributed by atoms with Gasteiger partial charge in [-0.1, -0.05) is 0 Å². The van der Waals surface area contributed by atoms with E-state index >= 15 is 0 Å². The van der Waals surface area contributed by atoms with Crippen molar-refractivity contribution >= 4 is 62.0 Å². The van der Waals surface area contributed by atoms with Gasteiger partial charge in [-0.2, -0.15) is 0 Å². The molecule has 5 heteroatoms. The molecule has 1 atom stereocenters. The zero-order valence-corrected chi connectivity index (χ0v) is 37.0. The van der Waals surface area contributed by atoms with E-state index in [1.54, 1.807) is 0 Å². The fourth-order valence-electron chi connectivity index (χ4n) is 8.57. The summed E-state index contributed by atoms with van der Waals surface area (Å²) in [5, 5.41) is 1.49. The normalized spacial score (nSPS) is 16.1. The van der Waals surface area contributed by atoms with Gasteiger partial charge in [0.05, 0.1) is 0 Å². The van der Waals surface area contributed by atoms with Crippen molar-refractivity contribution in [1.82, 2.24) is 0 Å². The van der Waals surface area contributed by atoms with E-state index in [1.165, 1.54) is 52.0 Å². The van der Waals surface area contributed by atoms with E-state index in [0.717, 1.165) is 22.9 Å². The van der Waals surface area contributed by atoms with Gasteiger partial charge in [0.25, 0.3) is 0 Å². The molecular weight excluding hydrogens is 774 g/mol.